The molecule has 0 radical (unpaired) electrons. The van der Waals surface area contributed by atoms with E-state index < -0.39 is 0 Å². The van der Waals surface area contributed by atoms with Crippen molar-refractivity contribution in [2.24, 2.45) is 0 Å². The Labute approximate surface area is 164 Å². The summed E-state index contributed by atoms with van der Waals surface area (Å²) in [6.07, 6.45) is 1.59. The van der Waals surface area contributed by atoms with Crippen molar-refractivity contribution in [3.8, 4) is 11.5 Å². The molecule has 3 heterocycles. The predicted octanol–water partition coefficient (Wildman–Crippen LogP) is 2.35. The van der Waals surface area contributed by atoms with Crippen LogP contribution in [0.5, 0.6) is 11.5 Å². The third-order valence-electron chi connectivity index (χ3n) is 4.97. The van der Waals surface area contributed by atoms with Crippen molar-refractivity contribution in [2.75, 3.05) is 50.9 Å². The van der Waals surface area contributed by atoms with Gasteiger partial charge in [0.25, 0.3) is 0 Å². The van der Waals surface area contributed by atoms with E-state index in [0.717, 1.165) is 50.0 Å². The van der Waals surface area contributed by atoms with Crippen molar-refractivity contribution in [3.63, 3.8) is 0 Å². The standard InChI is InChI=1S/C21H25N3O4/c1-2-26-21(25)17-4-6-20(22-14-17)24-9-7-23(8-10-24)15-16-3-5-18-19(13-16)28-12-11-27-18/h3-6,13-14H,2,7-12,15H2,1H3. The Morgan fingerprint density at radius 1 is 1.07 bits per heavy atom. The Balaban J connectivity index is 1.31. The Morgan fingerprint density at radius 2 is 1.86 bits per heavy atom. The average Bonchev–Trinajstić information content (AvgIpc) is 2.74. The SMILES string of the molecule is CCOC(=O)c1ccc(N2CCN(Cc3ccc4c(c3)OCCO4)CC2)nc1. The summed E-state index contributed by atoms with van der Waals surface area (Å²) < 4.78 is 16.3. The highest BCUT2D eigenvalue weighted by Gasteiger charge is 2.20. The van der Waals surface area contributed by atoms with Crippen LogP contribution in [0.15, 0.2) is 36.5 Å². The molecule has 1 aromatic carbocycles. The van der Waals surface area contributed by atoms with E-state index in [0.29, 0.717) is 25.4 Å². The van der Waals surface area contributed by atoms with Crippen molar-refractivity contribution in [1.82, 2.24) is 9.88 Å². The van der Waals surface area contributed by atoms with Crippen molar-refractivity contribution >= 4 is 11.8 Å². The van der Waals surface area contributed by atoms with Gasteiger partial charge in [-0.3, -0.25) is 4.90 Å². The average molecular weight is 383 g/mol. The first-order valence-electron chi connectivity index (χ1n) is 9.72. The van der Waals surface area contributed by atoms with E-state index in [1.165, 1.54) is 5.56 Å². The van der Waals surface area contributed by atoms with Gasteiger partial charge in [0.1, 0.15) is 19.0 Å². The van der Waals surface area contributed by atoms with Gasteiger partial charge in [0.05, 0.1) is 12.2 Å². The first-order chi connectivity index (χ1) is 13.7. The Morgan fingerprint density at radius 3 is 2.57 bits per heavy atom. The number of esters is 1. The van der Waals surface area contributed by atoms with Crippen LogP contribution in [0.25, 0.3) is 0 Å². The molecule has 2 aliphatic heterocycles. The highest BCUT2D eigenvalue weighted by Crippen LogP contribution is 2.31. The first-order valence-corrected chi connectivity index (χ1v) is 9.72. The summed E-state index contributed by atoms with van der Waals surface area (Å²) in [4.78, 5) is 20.8. The summed E-state index contributed by atoms with van der Waals surface area (Å²) in [7, 11) is 0. The van der Waals surface area contributed by atoms with Gasteiger partial charge in [0, 0.05) is 38.9 Å². The summed E-state index contributed by atoms with van der Waals surface area (Å²) in [6, 6.07) is 9.85. The quantitative estimate of drug-likeness (QED) is 0.735. The largest absolute Gasteiger partial charge is 0.486 e. The van der Waals surface area contributed by atoms with Crippen LogP contribution in [0.4, 0.5) is 5.82 Å². The van der Waals surface area contributed by atoms with Crippen molar-refractivity contribution in [2.45, 2.75) is 13.5 Å². The van der Waals surface area contributed by atoms with Crippen LogP contribution in [-0.2, 0) is 11.3 Å². The molecule has 0 N–H and O–H groups in total. The fourth-order valence-corrected chi connectivity index (χ4v) is 3.49. The van der Waals surface area contributed by atoms with Crippen molar-refractivity contribution < 1.29 is 19.0 Å². The molecule has 0 unspecified atom stereocenters. The van der Waals surface area contributed by atoms with Crippen molar-refractivity contribution in [1.29, 1.82) is 0 Å². The minimum atomic E-state index is -0.328. The molecule has 0 bridgehead atoms. The van der Waals surface area contributed by atoms with Gasteiger partial charge in [-0.2, -0.15) is 0 Å². The molecular formula is C21H25N3O4. The zero-order valence-corrected chi connectivity index (χ0v) is 16.1. The maximum absolute atomic E-state index is 11.7. The second-order valence-corrected chi connectivity index (χ2v) is 6.87. The molecule has 2 aromatic rings. The van der Waals surface area contributed by atoms with E-state index in [9.17, 15) is 4.79 Å². The number of pyridine rings is 1. The van der Waals surface area contributed by atoms with E-state index in [1.807, 2.05) is 12.1 Å². The molecule has 7 nitrogen and oxygen atoms in total. The number of hydrogen-bond donors (Lipinski definition) is 0. The van der Waals surface area contributed by atoms with Crippen LogP contribution in [0.2, 0.25) is 0 Å². The monoisotopic (exact) mass is 383 g/mol. The van der Waals surface area contributed by atoms with E-state index in [-0.39, 0.29) is 5.97 Å². The number of rotatable bonds is 5. The van der Waals surface area contributed by atoms with Gasteiger partial charge in [-0.15, -0.1) is 0 Å². The van der Waals surface area contributed by atoms with Gasteiger partial charge in [-0.25, -0.2) is 9.78 Å². The Bertz CT molecular complexity index is 817. The number of nitrogens with zero attached hydrogens (tertiary/aromatic N) is 3. The number of piperazine rings is 1. The number of fused-ring (bicyclic) bond motifs is 1. The number of carbonyl (C=O) groups excluding carboxylic acids is 1. The highest BCUT2D eigenvalue weighted by atomic mass is 16.6. The van der Waals surface area contributed by atoms with Crippen LogP contribution in [0.3, 0.4) is 0 Å². The third-order valence-corrected chi connectivity index (χ3v) is 4.97. The zero-order chi connectivity index (χ0) is 19.3. The lowest BCUT2D eigenvalue weighted by Crippen LogP contribution is -2.46. The number of carbonyl (C=O) groups is 1. The first kappa shape index (κ1) is 18.6. The second kappa shape index (κ2) is 8.48. The van der Waals surface area contributed by atoms with E-state index in [1.54, 1.807) is 19.2 Å². The van der Waals surface area contributed by atoms with E-state index in [2.05, 4.69) is 26.9 Å². The van der Waals surface area contributed by atoms with Gasteiger partial charge in [-0.05, 0) is 36.8 Å². The Kier molecular flexibility index (Phi) is 5.62. The summed E-state index contributed by atoms with van der Waals surface area (Å²) in [5.41, 5.74) is 1.72. The smallest absolute Gasteiger partial charge is 0.339 e. The molecule has 7 heteroatoms. The normalized spacial score (nSPS) is 16.7. The van der Waals surface area contributed by atoms with Crippen molar-refractivity contribution in [3.05, 3.63) is 47.7 Å². The molecule has 0 saturated carbocycles. The summed E-state index contributed by atoms with van der Waals surface area (Å²) in [5.74, 6) is 2.24. The molecule has 1 fully saturated rings. The van der Waals surface area contributed by atoms with Crippen LogP contribution in [0, 0.1) is 0 Å². The lowest BCUT2D eigenvalue weighted by Gasteiger charge is -2.35. The molecule has 1 saturated heterocycles. The number of anilines is 1. The molecule has 0 aliphatic carbocycles. The lowest BCUT2D eigenvalue weighted by atomic mass is 10.1. The predicted molar refractivity (Wildman–Crippen MR) is 105 cm³/mol. The van der Waals surface area contributed by atoms with Crippen LogP contribution >= 0.6 is 0 Å². The van der Waals surface area contributed by atoms with Gasteiger partial charge in [0.2, 0.25) is 0 Å². The molecule has 148 valence electrons. The maximum atomic E-state index is 11.7. The number of aromatic nitrogens is 1. The van der Waals surface area contributed by atoms with E-state index >= 15 is 0 Å². The van der Waals surface area contributed by atoms with Gasteiger partial charge >= 0.3 is 5.97 Å². The third kappa shape index (κ3) is 4.20. The maximum Gasteiger partial charge on any atom is 0.339 e. The fourth-order valence-electron chi connectivity index (χ4n) is 3.49. The molecule has 0 atom stereocenters. The molecule has 28 heavy (non-hydrogen) atoms. The molecule has 0 amide bonds. The minimum Gasteiger partial charge on any atom is -0.486 e. The molecule has 1 aromatic heterocycles. The summed E-state index contributed by atoms with van der Waals surface area (Å²) in [6.45, 7) is 7.98. The van der Waals surface area contributed by atoms with Crippen LogP contribution < -0.4 is 14.4 Å². The van der Waals surface area contributed by atoms with Gasteiger partial charge in [0.15, 0.2) is 11.5 Å². The molecular weight excluding hydrogens is 358 g/mol. The molecule has 0 spiro atoms. The highest BCUT2D eigenvalue weighted by molar-refractivity contribution is 5.89. The number of benzene rings is 1. The lowest BCUT2D eigenvalue weighted by molar-refractivity contribution is 0.0526. The minimum absolute atomic E-state index is 0.328. The zero-order valence-electron chi connectivity index (χ0n) is 16.1. The van der Waals surface area contributed by atoms with Crippen LogP contribution in [0.1, 0.15) is 22.8 Å². The van der Waals surface area contributed by atoms with Gasteiger partial charge in [-0.1, -0.05) is 6.07 Å². The van der Waals surface area contributed by atoms with Crippen LogP contribution in [-0.4, -0.2) is 61.9 Å². The van der Waals surface area contributed by atoms with E-state index in [4.69, 9.17) is 14.2 Å². The topological polar surface area (TPSA) is 64.1 Å². The Hall–Kier alpha value is -2.80. The number of ether oxygens (including phenoxy) is 3. The second-order valence-electron chi connectivity index (χ2n) is 6.87. The fraction of sp³-hybridized carbons (Fsp3) is 0.429. The molecule has 4 rings (SSSR count). The van der Waals surface area contributed by atoms with Gasteiger partial charge < -0.3 is 19.1 Å². The molecule has 2 aliphatic rings. The number of hydrogen-bond acceptors (Lipinski definition) is 7. The summed E-state index contributed by atoms with van der Waals surface area (Å²) >= 11 is 0. The summed E-state index contributed by atoms with van der Waals surface area (Å²) in [5, 5.41) is 0.